The van der Waals surface area contributed by atoms with E-state index in [1.807, 2.05) is 55.5 Å². The summed E-state index contributed by atoms with van der Waals surface area (Å²) < 4.78 is 7.20. The molecule has 0 saturated carbocycles. The number of aromatic nitrogens is 1. The van der Waals surface area contributed by atoms with Gasteiger partial charge in [-0.15, -0.1) is 11.3 Å². The smallest absolute Gasteiger partial charge is 0.338 e. The average Bonchev–Trinajstić information content (AvgIpc) is 3.24. The number of carbonyl (C=O) groups is 1. The van der Waals surface area contributed by atoms with Crippen LogP contribution in [0.5, 0.6) is 0 Å². The maximum atomic E-state index is 13.3. The molecule has 0 bridgehead atoms. The van der Waals surface area contributed by atoms with Crippen molar-refractivity contribution in [1.82, 2.24) is 4.57 Å². The summed E-state index contributed by atoms with van der Waals surface area (Å²) >= 11 is 2.97. The number of rotatable bonds is 3. The van der Waals surface area contributed by atoms with E-state index < -0.39 is 12.0 Å². The Bertz CT molecular complexity index is 1260. The molecule has 142 valence electrons. The maximum Gasteiger partial charge on any atom is 0.338 e. The van der Waals surface area contributed by atoms with Crippen LogP contribution in [0, 0.1) is 6.92 Å². The van der Waals surface area contributed by atoms with Crippen LogP contribution in [0.25, 0.3) is 6.08 Å². The molecule has 0 amide bonds. The van der Waals surface area contributed by atoms with Crippen molar-refractivity contribution in [3.05, 3.63) is 88.7 Å². The fraction of sp³-hybridized carbons (Fsp3) is 0.190. The number of ether oxygens (including phenoxy) is 1. The van der Waals surface area contributed by atoms with Crippen LogP contribution in [-0.2, 0) is 9.53 Å². The van der Waals surface area contributed by atoms with Crippen LogP contribution in [0.15, 0.2) is 63.5 Å². The molecule has 1 aliphatic heterocycles. The summed E-state index contributed by atoms with van der Waals surface area (Å²) in [6.07, 6.45) is 1.89. The molecule has 0 radical (unpaired) electrons. The fourth-order valence-corrected chi connectivity index (χ4v) is 5.24. The molecule has 1 unspecified atom stereocenters. The van der Waals surface area contributed by atoms with Gasteiger partial charge in [-0.05, 0) is 37.6 Å². The zero-order valence-corrected chi connectivity index (χ0v) is 17.3. The zero-order chi connectivity index (χ0) is 19.8. The Hall–Kier alpha value is -2.77. The van der Waals surface area contributed by atoms with E-state index in [4.69, 9.17) is 4.74 Å². The molecule has 3 aromatic rings. The highest BCUT2D eigenvalue weighted by Crippen LogP contribution is 2.30. The van der Waals surface area contributed by atoms with E-state index in [-0.39, 0.29) is 5.56 Å². The van der Waals surface area contributed by atoms with Crippen molar-refractivity contribution in [2.24, 2.45) is 4.99 Å². The first-order valence-corrected chi connectivity index (χ1v) is 10.3. The van der Waals surface area contributed by atoms with E-state index in [9.17, 15) is 9.59 Å². The Balaban J connectivity index is 1.99. The molecule has 2 aromatic heterocycles. The van der Waals surface area contributed by atoms with Gasteiger partial charge in [-0.2, -0.15) is 0 Å². The molecule has 0 N–H and O–H groups in total. The molecule has 7 heteroatoms. The van der Waals surface area contributed by atoms with Crippen LogP contribution >= 0.6 is 22.7 Å². The van der Waals surface area contributed by atoms with Crippen molar-refractivity contribution in [2.45, 2.75) is 19.9 Å². The third kappa shape index (κ3) is 3.16. The highest BCUT2D eigenvalue weighted by atomic mass is 32.1. The van der Waals surface area contributed by atoms with Crippen molar-refractivity contribution < 1.29 is 9.53 Å². The van der Waals surface area contributed by atoms with Gasteiger partial charge in [0.1, 0.15) is 0 Å². The molecule has 1 aliphatic rings. The average molecular weight is 411 g/mol. The van der Waals surface area contributed by atoms with Gasteiger partial charge in [0.2, 0.25) is 0 Å². The van der Waals surface area contributed by atoms with Gasteiger partial charge in [0.25, 0.3) is 5.56 Å². The van der Waals surface area contributed by atoms with Crippen molar-refractivity contribution in [3.8, 4) is 0 Å². The van der Waals surface area contributed by atoms with Crippen LogP contribution in [0.2, 0.25) is 0 Å². The molecular formula is C21H18N2O3S2. The molecule has 1 atom stereocenters. The number of methoxy groups -OCH3 is 1. The Morgan fingerprint density at radius 3 is 2.54 bits per heavy atom. The lowest BCUT2D eigenvalue weighted by atomic mass is 9.96. The molecule has 3 heterocycles. The Labute approximate surface area is 169 Å². The van der Waals surface area contributed by atoms with Gasteiger partial charge < -0.3 is 4.74 Å². The number of benzene rings is 1. The number of allylic oxidation sites excluding steroid dienone is 1. The molecule has 0 spiro atoms. The Morgan fingerprint density at radius 2 is 1.89 bits per heavy atom. The van der Waals surface area contributed by atoms with Gasteiger partial charge in [0, 0.05) is 9.75 Å². The Kier molecular flexibility index (Phi) is 4.87. The molecule has 1 aromatic carbocycles. The molecule has 0 saturated heterocycles. The van der Waals surface area contributed by atoms with E-state index in [0.29, 0.717) is 20.6 Å². The second kappa shape index (κ2) is 7.33. The number of nitrogens with zero attached hydrogens (tertiary/aromatic N) is 2. The van der Waals surface area contributed by atoms with Crippen molar-refractivity contribution in [3.63, 3.8) is 0 Å². The van der Waals surface area contributed by atoms with Crippen LogP contribution < -0.4 is 14.9 Å². The first kappa shape index (κ1) is 18.6. The predicted molar refractivity (Wildman–Crippen MR) is 111 cm³/mol. The largest absolute Gasteiger partial charge is 0.466 e. The second-order valence-electron chi connectivity index (χ2n) is 6.43. The lowest BCUT2D eigenvalue weighted by molar-refractivity contribution is -0.136. The zero-order valence-electron chi connectivity index (χ0n) is 15.6. The topological polar surface area (TPSA) is 60.7 Å². The fourth-order valence-electron chi connectivity index (χ4n) is 3.30. The van der Waals surface area contributed by atoms with E-state index >= 15 is 0 Å². The molecule has 0 fully saturated rings. The lowest BCUT2D eigenvalue weighted by Crippen LogP contribution is -2.39. The molecule has 0 aliphatic carbocycles. The summed E-state index contributed by atoms with van der Waals surface area (Å²) in [5.74, 6) is -0.474. The van der Waals surface area contributed by atoms with Gasteiger partial charge in [0.05, 0.1) is 29.0 Å². The highest BCUT2D eigenvalue weighted by molar-refractivity contribution is 7.13. The summed E-state index contributed by atoms with van der Waals surface area (Å²) in [4.78, 5) is 33.1. The summed E-state index contributed by atoms with van der Waals surface area (Å²) in [6, 6.07) is 13.0. The van der Waals surface area contributed by atoms with Crippen LogP contribution in [0.3, 0.4) is 0 Å². The first-order chi connectivity index (χ1) is 13.5. The minimum Gasteiger partial charge on any atom is -0.466 e. The number of fused-ring (bicyclic) bond motifs is 1. The monoisotopic (exact) mass is 410 g/mol. The van der Waals surface area contributed by atoms with Crippen LogP contribution in [-0.4, -0.2) is 17.6 Å². The number of aryl methyl sites for hydroxylation is 1. The van der Waals surface area contributed by atoms with Gasteiger partial charge in [0.15, 0.2) is 4.80 Å². The van der Waals surface area contributed by atoms with Crippen LogP contribution in [0.4, 0.5) is 0 Å². The second-order valence-corrected chi connectivity index (χ2v) is 8.76. The van der Waals surface area contributed by atoms with Gasteiger partial charge in [-0.1, -0.05) is 41.7 Å². The minimum absolute atomic E-state index is 0.155. The SMILES string of the molecule is COC(=O)C1=C(C)N=c2sc(=Cc3ccc(C)s3)c(=O)n2C1c1ccccc1. The predicted octanol–water partition coefficient (Wildman–Crippen LogP) is 2.78. The van der Waals surface area contributed by atoms with E-state index in [1.54, 1.807) is 22.8 Å². The number of esters is 1. The number of hydrogen-bond acceptors (Lipinski definition) is 6. The third-order valence-electron chi connectivity index (χ3n) is 4.58. The van der Waals surface area contributed by atoms with Gasteiger partial charge in [-0.3, -0.25) is 9.36 Å². The highest BCUT2D eigenvalue weighted by Gasteiger charge is 2.32. The summed E-state index contributed by atoms with van der Waals surface area (Å²) in [5, 5.41) is 0. The van der Waals surface area contributed by atoms with Crippen molar-refractivity contribution in [2.75, 3.05) is 7.11 Å². The normalized spacial score (nSPS) is 16.7. The first-order valence-electron chi connectivity index (χ1n) is 8.72. The molecular weight excluding hydrogens is 392 g/mol. The minimum atomic E-state index is -0.558. The third-order valence-corrected chi connectivity index (χ3v) is 6.51. The van der Waals surface area contributed by atoms with E-state index in [0.717, 1.165) is 10.4 Å². The van der Waals surface area contributed by atoms with Crippen LogP contribution in [0.1, 0.15) is 28.3 Å². The Morgan fingerprint density at radius 1 is 1.14 bits per heavy atom. The summed E-state index contributed by atoms with van der Waals surface area (Å²) in [5.41, 5.74) is 1.65. The molecule has 4 rings (SSSR count). The van der Waals surface area contributed by atoms with Crippen molar-refractivity contribution >= 4 is 34.7 Å². The standard InChI is InChI=1S/C21H18N2O3S2/c1-12-9-10-15(27-12)11-16-19(24)23-18(14-7-5-4-6-8-14)17(20(25)26-3)13(2)22-21(23)28-16/h4-11,18H,1-3H3. The van der Waals surface area contributed by atoms with E-state index in [2.05, 4.69) is 4.99 Å². The molecule has 28 heavy (non-hydrogen) atoms. The lowest BCUT2D eigenvalue weighted by Gasteiger charge is -2.24. The number of thiophene rings is 1. The van der Waals surface area contributed by atoms with Gasteiger partial charge in [-0.25, -0.2) is 9.79 Å². The summed E-state index contributed by atoms with van der Waals surface area (Å²) in [7, 11) is 1.34. The van der Waals surface area contributed by atoms with Gasteiger partial charge >= 0.3 is 5.97 Å². The maximum absolute atomic E-state index is 13.3. The number of thiazole rings is 1. The number of carbonyl (C=O) groups excluding carboxylic acids is 1. The molecule has 5 nitrogen and oxygen atoms in total. The quantitative estimate of drug-likeness (QED) is 0.624. The van der Waals surface area contributed by atoms with Crippen molar-refractivity contribution in [1.29, 1.82) is 0 Å². The summed E-state index contributed by atoms with van der Waals surface area (Å²) in [6.45, 7) is 3.81. The van der Waals surface area contributed by atoms with E-state index in [1.165, 1.54) is 23.3 Å². The number of hydrogen-bond donors (Lipinski definition) is 0.